The van der Waals surface area contributed by atoms with E-state index in [1.807, 2.05) is 36.0 Å². The van der Waals surface area contributed by atoms with Crippen LogP contribution in [0, 0.1) is 13.8 Å². The lowest BCUT2D eigenvalue weighted by Crippen LogP contribution is -3.11. The van der Waals surface area contributed by atoms with E-state index in [0.29, 0.717) is 5.69 Å². The van der Waals surface area contributed by atoms with Crippen molar-refractivity contribution in [3.05, 3.63) is 59.4 Å². The van der Waals surface area contributed by atoms with Gasteiger partial charge in [-0.15, -0.1) is 0 Å². The molecule has 0 radical (unpaired) electrons. The summed E-state index contributed by atoms with van der Waals surface area (Å²) >= 11 is 0. The third-order valence-electron chi connectivity index (χ3n) is 6.29. The predicted molar refractivity (Wildman–Crippen MR) is 131 cm³/mol. The van der Waals surface area contributed by atoms with Crippen molar-refractivity contribution in [1.29, 1.82) is 0 Å². The minimum absolute atomic E-state index is 0.0819. The smallest absolute Gasteiger partial charge is 0.270 e. The highest BCUT2D eigenvalue weighted by molar-refractivity contribution is 5.94. The van der Waals surface area contributed by atoms with E-state index in [9.17, 15) is 4.79 Å². The van der Waals surface area contributed by atoms with Crippen molar-refractivity contribution in [2.75, 3.05) is 19.6 Å². The van der Waals surface area contributed by atoms with Gasteiger partial charge in [0.1, 0.15) is 11.4 Å². The third-order valence-corrected chi connectivity index (χ3v) is 6.29. The number of nitrogens with zero attached hydrogens (tertiary/aromatic N) is 3. The lowest BCUT2D eigenvalue weighted by molar-refractivity contribution is -0.896. The van der Waals surface area contributed by atoms with Gasteiger partial charge in [-0.2, -0.15) is 5.10 Å². The molecule has 0 saturated carbocycles. The summed E-state index contributed by atoms with van der Waals surface area (Å²) in [6, 6.07) is 12.3. The molecule has 3 rings (SSSR count). The van der Waals surface area contributed by atoms with Crippen LogP contribution in [0.1, 0.15) is 55.2 Å². The summed E-state index contributed by atoms with van der Waals surface area (Å²) in [6.45, 7) is 14.1. The number of quaternary nitrogens is 1. The highest BCUT2D eigenvalue weighted by atomic mass is 16.2. The van der Waals surface area contributed by atoms with Gasteiger partial charge in [0.15, 0.2) is 0 Å². The van der Waals surface area contributed by atoms with E-state index in [-0.39, 0.29) is 11.9 Å². The number of carbonyl (C=O) groups is 1. The fourth-order valence-electron chi connectivity index (χ4n) is 4.16. The fraction of sp³-hybridized carbons (Fsp3) is 0.462. The number of carbonyl (C=O) groups excluding carboxylic acids is 1. The zero-order valence-electron chi connectivity index (χ0n) is 20.4. The van der Waals surface area contributed by atoms with Crippen molar-refractivity contribution in [2.24, 2.45) is 7.05 Å². The summed E-state index contributed by atoms with van der Waals surface area (Å²) in [4.78, 5) is 14.9. The minimum Gasteiger partial charge on any atom is -0.349 e. The topological polar surface area (TPSA) is 56.3 Å². The van der Waals surface area contributed by atoms with Crippen LogP contribution < -0.4 is 10.2 Å². The molecule has 0 saturated heterocycles. The van der Waals surface area contributed by atoms with Crippen LogP contribution in [0.5, 0.6) is 0 Å². The molecule has 0 spiro atoms. The number of benzene rings is 1. The Bertz CT molecular complexity index is 1040. The first kappa shape index (κ1) is 23.8. The first-order valence-corrected chi connectivity index (χ1v) is 11.8. The second-order valence-corrected chi connectivity index (χ2v) is 8.84. The molecule has 2 N–H and O–H groups in total. The summed E-state index contributed by atoms with van der Waals surface area (Å²) in [5.74, 6) is -0.0819. The summed E-state index contributed by atoms with van der Waals surface area (Å²) in [6.07, 6.45) is 4.06. The van der Waals surface area contributed by atoms with E-state index in [0.717, 1.165) is 60.7 Å². The average Bonchev–Trinajstić information content (AvgIpc) is 3.39. The Morgan fingerprint density at radius 2 is 1.91 bits per heavy atom. The van der Waals surface area contributed by atoms with Crippen LogP contribution in [0.4, 0.5) is 0 Å². The molecule has 1 aromatic carbocycles. The van der Waals surface area contributed by atoms with Gasteiger partial charge < -0.3 is 14.8 Å². The van der Waals surface area contributed by atoms with Gasteiger partial charge in [-0.25, -0.2) is 4.68 Å². The molecule has 0 aliphatic heterocycles. The molecule has 3 aromatic rings. The van der Waals surface area contributed by atoms with Crippen LogP contribution in [-0.2, 0) is 7.05 Å². The Labute approximate surface area is 192 Å². The van der Waals surface area contributed by atoms with Crippen LogP contribution in [0.2, 0.25) is 0 Å². The van der Waals surface area contributed by atoms with E-state index in [2.05, 4.69) is 58.1 Å². The number of aromatic nitrogens is 3. The highest BCUT2D eigenvalue weighted by Crippen LogP contribution is 2.24. The first-order valence-electron chi connectivity index (χ1n) is 11.8. The second-order valence-electron chi connectivity index (χ2n) is 8.84. The molecule has 6 nitrogen and oxygen atoms in total. The van der Waals surface area contributed by atoms with E-state index in [4.69, 9.17) is 5.10 Å². The van der Waals surface area contributed by atoms with Gasteiger partial charge in [-0.3, -0.25) is 4.79 Å². The van der Waals surface area contributed by atoms with E-state index >= 15 is 0 Å². The molecule has 1 amide bonds. The molecule has 172 valence electrons. The standard InChI is InChI=1S/C26H37N5O/c1-7-30(8-2)16-9-11-21(5)27-26(32)25-18-22(23-12-10-15-29(23)6)28-31(25)24-17-19(3)13-14-20(24)4/h10,12-15,17-18,21H,7-9,11,16H2,1-6H3,(H,27,32)/p+1/t21-/m1/s1. The number of rotatable bonds is 10. The zero-order chi connectivity index (χ0) is 23.3. The second kappa shape index (κ2) is 10.6. The number of aryl methyl sites for hydroxylation is 3. The molecule has 0 bridgehead atoms. The van der Waals surface area contributed by atoms with Gasteiger partial charge in [0.05, 0.1) is 31.0 Å². The molecule has 32 heavy (non-hydrogen) atoms. The quantitative estimate of drug-likeness (QED) is 0.512. The van der Waals surface area contributed by atoms with Crippen LogP contribution in [0.3, 0.4) is 0 Å². The molecule has 0 unspecified atom stereocenters. The Kier molecular flexibility index (Phi) is 7.91. The van der Waals surface area contributed by atoms with Crippen molar-refractivity contribution in [3.63, 3.8) is 0 Å². The van der Waals surface area contributed by atoms with E-state index < -0.39 is 0 Å². The molecule has 2 heterocycles. The van der Waals surface area contributed by atoms with E-state index in [1.165, 1.54) is 0 Å². The van der Waals surface area contributed by atoms with Crippen LogP contribution >= 0.6 is 0 Å². The highest BCUT2D eigenvalue weighted by Gasteiger charge is 2.21. The Morgan fingerprint density at radius 3 is 2.56 bits per heavy atom. The van der Waals surface area contributed by atoms with Crippen molar-refractivity contribution in [1.82, 2.24) is 19.7 Å². The largest absolute Gasteiger partial charge is 0.349 e. The van der Waals surface area contributed by atoms with E-state index in [1.54, 1.807) is 9.58 Å². The lowest BCUT2D eigenvalue weighted by Gasteiger charge is -2.18. The minimum atomic E-state index is -0.0819. The van der Waals surface area contributed by atoms with Crippen LogP contribution in [0.25, 0.3) is 17.1 Å². The third kappa shape index (κ3) is 5.49. The Balaban J connectivity index is 1.85. The first-order chi connectivity index (χ1) is 15.3. The molecule has 0 aliphatic rings. The van der Waals surface area contributed by atoms with Crippen molar-refractivity contribution < 1.29 is 9.69 Å². The van der Waals surface area contributed by atoms with Crippen LogP contribution in [-0.4, -0.2) is 45.9 Å². The molecular weight excluding hydrogens is 398 g/mol. The maximum absolute atomic E-state index is 13.3. The monoisotopic (exact) mass is 436 g/mol. The van der Waals surface area contributed by atoms with Gasteiger partial charge in [0.2, 0.25) is 0 Å². The van der Waals surface area contributed by atoms with Crippen LogP contribution in [0.15, 0.2) is 42.6 Å². The average molecular weight is 437 g/mol. The fourth-order valence-corrected chi connectivity index (χ4v) is 4.16. The van der Waals surface area contributed by atoms with Gasteiger partial charge in [0, 0.05) is 19.3 Å². The van der Waals surface area contributed by atoms with Gasteiger partial charge in [-0.05, 0) is 82.9 Å². The molecule has 0 fully saturated rings. The molecular formula is C26H38N5O+. The predicted octanol–water partition coefficient (Wildman–Crippen LogP) is 3.32. The maximum atomic E-state index is 13.3. The lowest BCUT2D eigenvalue weighted by atomic mass is 10.1. The van der Waals surface area contributed by atoms with Crippen molar-refractivity contribution in [2.45, 2.75) is 53.5 Å². The molecule has 6 heteroatoms. The van der Waals surface area contributed by atoms with Crippen molar-refractivity contribution >= 4 is 5.91 Å². The zero-order valence-corrected chi connectivity index (χ0v) is 20.4. The maximum Gasteiger partial charge on any atom is 0.270 e. The van der Waals surface area contributed by atoms with Crippen molar-refractivity contribution in [3.8, 4) is 17.1 Å². The number of amides is 1. The molecule has 0 aliphatic carbocycles. The van der Waals surface area contributed by atoms with Gasteiger partial charge in [-0.1, -0.05) is 12.1 Å². The number of hydrogen-bond donors (Lipinski definition) is 2. The SMILES string of the molecule is CC[NH+](CC)CCC[C@@H](C)NC(=O)c1cc(-c2cccn2C)nn1-c1cc(C)ccc1C. The number of nitrogens with one attached hydrogen (secondary N) is 2. The summed E-state index contributed by atoms with van der Waals surface area (Å²) in [5, 5.41) is 8.06. The molecule has 1 atom stereocenters. The summed E-state index contributed by atoms with van der Waals surface area (Å²) < 4.78 is 3.82. The summed E-state index contributed by atoms with van der Waals surface area (Å²) in [7, 11) is 1.99. The molecule has 2 aromatic heterocycles. The van der Waals surface area contributed by atoms with Gasteiger partial charge >= 0.3 is 0 Å². The Hall–Kier alpha value is -2.86. The number of hydrogen-bond acceptors (Lipinski definition) is 2. The normalized spacial score (nSPS) is 12.3. The van der Waals surface area contributed by atoms with Gasteiger partial charge in [0.25, 0.3) is 5.91 Å². The summed E-state index contributed by atoms with van der Waals surface area (Å²) in [5.41, 5.74) is 5.51. The Morgan fingerprint density at radius 1 is 1.16 bits per heavy atom.